The lowest BCUT2D eigenvalue weighted by Gasteiger charge is -2.39. The summed E-state index contributed by atoms with van der Waals surface area (Å²) in [5.74, 6) is 1.16. The summed E-state index contributed by atoms with van der Waals surface area (Å²) >= 11 is 0. The summed E-state index contributed by atoms with van der Waals surface area (Å²) in [5.41, 5.74) is 3.32. The molecule has 2 aromatic carbocycles. The Bertz CT molecular complexity index is 1200. The number of para-hydroxylation sites is 1. The third kappa shape index (κ3) is 5.72. The molecule has 1 fully saturated rings. The average molecular weight is 504 g/mol. The molecule has 7 nitrogen and oxygen atoms in total. The van der Waals surface area contributed by atoms with E-state index in [0.29, 0.717) is 23.7 Å². The van der Waals surface area contributed by atoms with Crippen LogP contribution in [0.3, 0.4) is 0 Å². The van der Waals surface area contributed by atoms with Gasteiger partial charge in [0, 0.05) is 5.56 Å². The number of carbonyl (C=O) groups is 1. The quantitative estimate of drug-likeness (QED) is 0.360. The minimum Gasteiger partial charge on any atom is -0.488 e. The van der Waals surface area contributed by atoms with E-state index in [-0.39, 0.29) is 24.3 Å². The van der Waals surface area contributed by atoms with Crippen molar-refractivity contribution in [2.45, 2.75) is 77.4 Å². The Morgan fingerprint density at radius 3 is 2.70 bits per heavy atom. The lowest BCUT2D eigenvalue weighted by atomic mass is 9.69. The number of aromatic nitrogens is 3. The molecule has 1 aromatic heterocycles. The number of rotatable bonds is 10. The monoisotopic (exact) mass is 503 g/mol. The fourth-order valence-electron chi connectivity index (χ4n) is 5.51. The van der Waals surface area contributed by atoms with E-state index in [1.54, 1.807) is 10.7 Å². The second-order valence-electron chi connectivity index (χ2n) is 10.5. The highest BCUT2D eigenvalue weighted by Crippen LogP contribution is 2.47. The minimum absolute atomic E-state index is 0.0563. The second-order valence-corrected chi connectivity index (χ2v) is 10.5. The molecule has 1 unspecified atom stereocenters. The molecular weight excluding hydrogens is 466 g/mol. The van der Waals surface area contributed by atoms with Crippen molar-refractivity contribution in [1.82, 2.24) is 15.0 Å². The molecule has 0 bridgehead atoms. The average Bonchev–Trinajstić information content (AvgIpc) is 3.39. The SMILES string of the molecule is CCCCCc1ccc(-c2cn(CC(O)COc3cccc4c3OCC3(CCCCC3)C4=O)nn2)cc1. The van der Waals surface area contributed by atoms with Crippen LogP contribution in [0.5, 0.6) is 11.5 Å². The highest BCUT2D eigenvalue weighted by atomic mass is 16.5. The molecule has 1 aliphatic carbocycles. The number of benzene rings is 2. The molecule has 2 heterocycles. The van der Waals surface area contributed by atoms with E-state index in [2.05, 4.69) is 41.5 Å². The molecule has 1 N–H and O–H groups in total. The first kappa shape index (κ1) is 25.5. The van der Waals surface area contributed by atoms with Gasteiger partial charge in [0.25, 0.3) is 0 Å². The predicted octanol–water partition coefficient (Wildman–Crippen LogP) is 5.64. The Labute approximate surface area is 218 Å². The smallest absolute Gasteiger partial charge is 0.176 e. The van der Waals surface area contributed by atoms with E-state index < -0.39 is 6.10 Å². The van der Waals surface area contributed by atoms with Crippen LogP contribution in [-0.4, -0.2) is 45.2 Å². The van der Waals surface area contributed by atoms with E-state index >= 15 is 0 Å². The van der Waals surface area contributed by atoms with Crippen LogP contribution in [0, 0.1) is 5.41 Å². The third-order valence-corrected chi connectivity index (χ3v) is 7.70. The molecular formula is C30H37N3O4. The predicted molar refractivity (Wildman–Crippen MR) is 142 cm³/mol. The standard InChI is InChI=1S/C30H37N3O4/c1-2-3-5-9-22-12-14-23(15-13-22)26-19-33(32-31-26)18-24(34)20-36-27-11-8-10-25-28(27)37-21-30(29(25)35)16-6-4-7-17-30/h8,10-15,19,24,34H,2-7,9,16-18,20-21H2,1H3. The van der Waals surface area contributed by atoms with Gasteiger partial charge in [0.2, 0.25) is 0 Å². The van der Waals surface area contributed by atoms with Gasteiger partial charge in [-0.1, -0.05) is 74.6 Å². The number of carbonyl (C=O) groups excluding carboxylic acids is 1. The van der Waals surface area contributed by atoms with Gasteiger partial charge in [0.1, 0.15) is 25.0 Å². The van der Waals surface area contributed by atoms with Gasteiger partial charge in [-0.3, -0.25) is 4.79 Å². The number of Topliss-reactive ketones (excluding diaryl/α,β-unsaturated/α-hetero) is 1. The van der Waals surface area contributed by atoms with Crippen molar-refractivity contribution in [2.24, 2.45) is 5.41 Å². The van der Waals surface area contributed by atoms with Crippen LogP contribution in [0.2, 0.25) is 0 Å². The number of unbranched alkanes of at least 4 members (excludes halogenated alkanes) is 2. The topological polar surface area (TPSA) is 86.5 Å². The summed E-state index contributed by atoms with van der Waals surface area (Å²) in [6.45, 7) is 2.93. The molecule has 1 spiro atoms. The summed E-state index contributed by atoms with van der Waals surface area (Å²) in [6.07, 6.45) is 10.9. The van der Waals surface area contributed by atoms with Gasteiger partial charge in [-0.05, 0) is 43.4 Å². The van der Waals surface area contributed by atoms with Crippen LogP contribution in [0.1, 0.15) is 74.2 Å². The largest absolute Gasteiger partial charge is 0.488 e. The van der Waals surface area contributed by atoms with Gasteiger partial charge in [0.05, 0.1) is 23.7 Å². The second kappa shape index (κ2) is 11.5. The highest BCUT2D eigenvalue weighted by Gasteiger charge is 2.45. The first-order valence-corrected chi connectivity index (χ1v) is 13.7. The van der Waals surface area contributed by atoms with Crippen molar-refractivity contribution >= 4 is 5.78 Å². The van der Waals surface area contributed by atoms with Crippen LogP contribution in [-0.2, 0) is 13.0 Å². The van der Waals surface area contributed by atoms with E-state index in [1.165, 1.54) is 31.2 Å². The molecule has 37 heavy (non-hydrogen) atoms. The Balaban J connectivity index is 1.17. The highest BCUT2D eigenvalue weighted by molar-refractivity contribution is 6.04. The fraction of sp³-hybridized carbons (Fsp3) is 0.500. The maximum atomic E-state index is 13.3. The van der Waals surface area contributed by atoms with Crippen molar-refractivity contribution in [3.63, 3.8) is 0 Å². The molecule has 1 atom stereocenters. The van der Waals surface area contributed by atoms with E-state index in [1.807, 2.05) is 18.3 Å². The molecule has 7 heteroatoms. The van der Waals surface area contributed by atoms with Crippen molar-refractivity contribution in [3.05, 3.63) is 59.8 Å². The van der Waals surface area contributed by atoms with Gasteiger partial charge in [-0.25, -0.2) is 4.68 Å². The molecule has 5 rings (SSSR count). The molecule has 196 valence electrons. The number of aliphatic hydroxyl groups excluding tert-OH is 1. The number of aliphatic hydroxyl groups is 1. The third-order valence-electron chi connectivity index (χ3n) is 7.70. The summed E-state index contributed by atoms with van der Waals surface area (Å²) in [6, 6.07) is 13.9. The van der Waals surface area contributed by atoms with Gasteiger partial charge < -0.3 is 14.6 Å². The molecule has 3 aromatic rings. The van der Waals surface area contributed by atoms with E-state index in [9.17, 15) is 9.90 Å². The number of hydrogen-bond acceptors (Lipinski definition) is 6. The number of nitrogens with zero attached hydrogens (tertiary/aromatic N) is 3. The summed E-state index contributed by atoms with van der Waals surface area (Å²) in [4.78, 5) is 13.3. The molecule has 0 radical (unpaired) electrons. The Hall–Kier alpha value is -3.19. The summed E-state index contributed by atoms with van der Waals surface area (Å²) < 4.78 is 13.7. The van der Waals surface area contributed by atoms with Gasteiger partial charge in [-0.15, -0.1) is 5.10 Å². The number of ether oxygens (including phenoxy) is 2. The number of fused-ring (bicyclic) bond motifs is 1. The maximum Gasteiger partial charge on any atom is 0.176 e. The normalized spacial score (nSPS) is 17.3. The zero-order valence-corrected chi connectivity index (χ0v) is 21.7. The van der Waals surface area contributed by atoms with Crippen LogP contribution >= 0.6 is 0 Å². The number of hydrogen-bond donors (Lipinski definition) is 1. The van der Waals surface area contributed by atoms with Crippen molar-refractivity contribution < 1.29 is 19.4 Å². The molecule has 0 saturated heterocycles. The first-order valence-electron chi connectivity index (χ1n) is 13.7. The molecule has 0 amide bonds. The Morgan fingerprint density at radius 2 is 1.92 bits per heavy atom. The Kier molecular flexibility index (Phi) is 7.89. The number of aryl methyl sites for hydroxylation is 1. The van der Waals surface area contributed by atoms with Crippen LogP contribution < -0.4 is 9.47 Å². The van der Waals surface area contributed by atoms with Gasteiger partial charge in [-0.2, -0.15) is 0 Å². The van der Waals surface area contributed by atoms with Crippen molar-refractivity contribution in [3.8, 4) is 22.8 Å². The summed E-state index contributed by atoms with van der Waals surface area (Å²) in [5, 5.41) is 19.1. The van der Waals surface area contributed by atoms with Crippen molar-refractivity contribution in [1.29, 1.82) is 0 Å². The molecule has 1 aliphatic heterocycles. The zero-order chi connectivity index (χ0) is 25.7. The van der Waals surface area contributed by atoms with Crippen LogP contribution in [0.15, 0.2) is 48.7 Å². The maximum absolute atomic E-state index is 13.3. The fourth-order valence-corrected chi connectivity index (χ4v) is 5.51. The van der Waals surface area contributed by atoms with Crippen LogP contribution in [0.4, 0.5) is 0 Å². The Morgan fingerprint density at radius 1 is 1.11 bits per heavy atom. The van der Waals surface area contributed by atoms with Crippen LogP contribution in [0.25, 0.3) is 11.3 Å². The lowest BCUT2D eigenvalue weighted by Crippen LogP contribution is -2.42. The van der Waals surface area contributed by atoms with Gasteiger partial charge >= 0.3 is 0 Å². The van der Waals surface area contributed by atoms with Gasteiger partial charge in [0.15, 0.2) is 17.3 Å². The minimum atomic E-state index is -0.796. The molecule has 1 saturated carbocycles. The summed E-state index contributed by atoms with van der Waals surface area (Å²) in [7, 11) is 0. The number of ketones is 1. The zero-order valence-electron chi connectivity index (χ0n) is 21.7. The molecule has 2 aliphatic rings. The van der Waals surface area contributed by atoms with E-state index in [4.69, 9.17) is 9.47 Å². The lowest BCUT2D eigenvalue weighted by molar-refractivity contribution is 0.0458. The van der Waals surface area contributed by atoms with Crippen molar-refractivity contribution in [2.75, 3.05) is 13.2 Å². The first-order chi connectivity index (χ1) is 18.1. The van der Waals surface area contributed by atoms with E-state index in [0.717, 1.165) is 43.4 Å².